The number of amides is 2. The second kappa shape index (κ2) is 10.2. The van der Waals surface area contributed by atoms with Crippen molar-refractivity contribution in [3.63, 3.8) is 0 Å². The number of carbonyl (C=O) groups excluding carboxylic acids is 2. The Kier molecular flexibility index (Phi) is 7.67. The van der Waals surface area contributed by atoms with Gasteiger partial charge in [-0.05, 0) is 37.3 Å². The first kappa shape index (κ1) is 20.3. The van der Waals surface area contributed by atoms with Gasteiger partial charge in [-0.25, -0.2) is 0 Å². The minimum Gasteiger partial charge on any atom is -0.496 e. The van der Waals surface area contributed by atoms with E-state index in [-0.39, 0.29) is 18.2 Å². The molecule has 0 aliphatic carbocycles. The van der Waals surface area contributed by atoms with Gasteiger partial charge in [0.25, 0.3) is 0 Å². The fourth-order valence-corrected chi connectivity index (χ4v) is 2.65. The average Bonchev–Trinajstić information content (AvgIpc) is 2.67. The maximum Gasteiger partial charge on any atom is 0.226 e. The molecule has 0 spiro atoms. The van der Waals surface area contributed by atoms with E-state index < -0.39 is 0 Å². The molecular weight excluding hydrogens is 344 g/mol. The standard InChI is InChI=1S/C21H26N2O4/c1-4-27-19-11-9-18(10-12-19)22-21(25)13-14-23(16(2)24)15-17-7-5-6-8-20(17)26-3/h5-12H,4,13-15H2,1-3H3,(H,22,25). The number of rotatable bonds is 9. The van der Waals surface area contributed by atoms with Gasteiger partial charge in [0.1, 0.15) is 11.5 Å². The van der Waals surface area contributed by atoms with E-state index >= 15 is 0 Å². The van der Waals surface area contributed by atoms with Crippen LogP contribution < -0.4 is 14.8 Å². The maximum absolute atomic E-state index is 12.2. The third-order valence-corrected chi connectivity index (χ3v) is 4.06. The van der Waals surface area contributed by atoms with Crippen LogP contribution in [0.3, 0.4) is 0 Å². The molecule has 0 radical (unpaired) electrons. The van der Waals surface area contributed by atoms with Gasteiger partial charge in [-0.15, -0.1) is 0 Å². The van der Waals surface area contributed by atoms with Crippen LogP contribution >= 0.6 is 0 Å². The third-order valence-electron chi connectivity index (χ3n) is 4.06. The molecular formula is C21H26N2O4. The van der Waals surface area contributed by atoms with Crippen molar-refractivity contribution in [1.82, 2.24) is 4.90 Å². The molecule has 2 aromatic rings. The Morgan fingerprint density at radius 2 is 1.78 bits per heavy atom. The quantitative estimate of drug-likeness (QED) is 0.734. The molecule has 144 valence electrons. The molecule has 0 unspecified atom stereocenters. The summed E-state index contributed by atoms with van der Waals surface area (Å²) < 4.78 is 10.7. The molecule has 6 nitrogen and oxygen atoms in total. The Morgan fingerprint density at radius 3 is 2.41 bits per heavy atom. The zero-order valence-electron chi connectivity index (χ0n) is 16.0. The van der Waals surface area contributed by atoms with E-state index in [1.807, 2.05) is 43.3 Å². The van der Waals surface area contributed by atoms with Gasteiger partial charge >= 0.3 is 0 Å². The van der Waals surface area contributed by atoms with Crippen molar-refractivity contribution in [3.05, 3.63) is 54.1 Å². The zero-order valence-corrected chi connectivity index (χ0v) is 16.0. The van der Waals surface area contributed by atoms with Gasteiger partial charge in [0.15, 0.2) is 0 Å². The molecule has 2 amide bonds. The minimum atomic E-state index is -0.148. The SMILES string of the molecule is CCOc1ccc(NC(=O)CCN(Cc2ccccc2OC)C(C)=O)cc1. The number of carbonyl (C=O) groups is 2. The summed E-state index contributed by atoms with van der Waals surface area (Å²) in [5, 5.41) is 2.83. The van der Waals surface area contributed by atoms with Crippen LogP contribution in [0, 0.1) is 0 Å². The van der Waals surface area contributed by atoms with Crippen molar-refractivity contribution >= 4 is 17.5 Å². The predicted molar refractivity (Wildman–Crippen MR) is 105 cm³/mol. The van der Waals surface area contributed by atoms with Gasteiger partial charge in [-0.3, -0.25) is 9.59 Å². The van der Waals surface area contributed by atoms with Crippen molar-refractivity contribution in [3.8, 4) is 11.5 Å². The lowest BCUT2D eigenvalue weighted by molar-refractivity contribution is -0.129. The van der Waals surface area contributed by atoms with Crippen LogP contribution in [0.15, 0.2) is 48.5 Å². The van der Waals surface area contributed by atoms with Crippen LogP contribution in [-0.2, 0) is 16.1 Å². The lowest BCUT2D eigenvalue weighted by Crippen LogP contribution is -2.31. The molecule has 0 atom stereocenters. The topological polar surface area (TPSA) is 67.9 Å². The first-order valence-corrected chi connectivity index (χ1v) is 8.93. The summed E-state index contributed by atoms with van der Waals surface area (Å²) in [5.74, 6) is 1.25. The van der Waals surface area contributed by atoms with Gasteiger partial charge in [0, 0.05) is 37.7 Å². The zero-order chi connectivity index (χ0) is 19.6. The van der Waals surface area contributed by atoms with Crippen LogP contribution in [-0.4, -0.2) is 37.0 Å². The molecule has 0 fully saturated rings. The maximum atomic E-state index is 12.2. The van der Waals surface area contributed by atoms with Gasteiger partial charge in [-0.1, -0.05) is 18.2 Å². The first-order valence-electron chi connectivity index (χ1n) is 8.93. The Labute approximate surface area is 160 Å². The molecule has 1 N–H and O–H groups in total. The molecule has 0 saturated heterocycles. The highest BCUT2D eigenvalue weighted by molar-refractivity contribution is 5.91. The Morgan fingerprint density at radius 1 is 1.07 bits per heavy atom. The highest BCUT2D eigenvalue weighted by Gasteiger charge is 2.14. The monoisotopic (exact) mass is 370 g/mol. The third kappa shape index (κ3) is 6.33. The van der Waals surface area contributed by atoms with Crippen molar-refractivity contribution in [2.45, 2.75) is 26.8 Å². The fraction of sp³-hybridized carbons (Fsp3) is 0.333. The summed E-state index contributed by atoms with van der Waals surface area (Å²) in [4.78, 5) is 25.8. The van der Waals surface area contributed by atoms with Crippen molar-refractivity contribution in [2.75, 3.05) is 25.6 Å². The van der Waals surface area contributed by atoms with Crippen molar-refractivity contribution in [1.29, 1.82) is 0 Å². The smallest absolute Gasteiger partial charge is 0.226 e. The van der Waals surface area contributed by atoms with Gasteiger partial charge in [-0.2, -0.15) is 0 Å². The molecule has 0 aliphatic rings. The largest absolute Gasteiger partial charge is 0.496 e. The summed E-state index contributed by atoms with van der Waals surface area (Å²) in [6.45, 7) is 4.74. The molecule has 0 saturated carbocycles. The van der Waals surface area contributed by atoms with E-state index in [2.05, 4.69) is 5.32 Å². The van der Waals surface area contributed by atoms with Crippen molar-refractivity contribution < 1.29 is 19.1 Å². The number of ether oxygens (including phenoxy) is 2. The second-order valence-electron chi connectivity index (χ2n) is 6.01. The van der Waals surface area contributed by atoms with Crippen LogP contribution in [0.25, 0.3) is 0 Å². The Bertz CT molecular complexity index is 759. The summed E-state index contributed by atoms with van der Waals surface area (Å²) >= 11 is 0. The second-order valence-corrected chi connectivity index (χ2v) is 6.01. The fourth-order valence-electron chi connectivity index (χ4n) is 2.65. The number of methoxy groups -OCH3 is 1. The number of anilines is 1. The number of nitrogens with zero attached hydrogens (tertiary/aromatic N) is 1. The number of hydrogen-bond donors (Lipinski definition) is 1. The molecule has 0 aliphatic heterocycles. The molecule has 0 heterocycles. The Hall–Kier alpha value is -3.02. The molecule has 27 heavy (non-hydrogen) atoms. The van der Waals surface area contributed by atoms with Crippen LogP contribution in [0.1, 0.15) is 25.8 Å². The number of benzene rings is 2. The summed E-state index contributed by atoms with van der Waals surface area (Å²) in [6, 6.07) is 14.7. The molecule has 2 aromatic carbocycles. The number of para-hydroxylation sites is 1. The predicted octanol–water partition coefficient (Wildman–Crippen LogP) is 3.47. The van der Waals surface area contributed by atoms with Crippen LogP contribution in [0.4, 0.5) is 5.69 Å². The highest BCUT2D eigenvalue weighted by atomic mass is 16.5. The lowest BCUT2D eigenvalue weighted by Gasteiger charge is -2.22. The van der Waals surface area contributed by atoms with Crippen LogP contribution in [0.2, 0.25) is 0 Å². The van der Waals surface area contributed by atoms with E-state index in [4.69, 9.17) is 9.47 Å². The highest BCUT2D eigenvalue weighted by Crippen LogP contribution is 2.20. The van der Waals surface area contributed by atoms with Gasteiger partial charge in [0.2, 0.25) is 11.8 Å². The van der Waals surface area contributed by atoms with E-state index in [0.29, 0.717) is 25.4 Å². The van der Waals surface area contributed by atoms with E-state index in [1.54, 1.807) is 24.1 Å². The van der Waals surface area contributed by atoms with E-state index in [1.165, 1.54) is 6.92 Å². The normalized spacial score (nSPS) is 10.2. The Balaban J connectivity index is 1.91. The summed E-state index contributed by atoms with van der Waals surface area (Å²) in [6.07, 6.45) is 0.210. The summed E-state index contributed by atoms with van der Waals surface area (Å²) in [7, 11) is 1.60. The van der Waals surface area contributed by atoms with Gasteiger partial charge in [0.05, 0.1) is 13.7 Å². The molecule has 2 rings (SSSR count). The number of hydrogen-bond acceptors (Lipinski definition) is 4. The van der Waals surface area contributed by atoms with E-state index in [0.717, 1.165) is 17.1 Å². The van der Waals surface area contributed by atoms with Crippen molar-refractivity contribution in [2.24, 2.45) is 0 Å². The molecule has 0 aromatic heterocycles. The average molecular weight is 370 g/mol. The minimum absolute atomic E-state index is 0.0882. The number of nitrogens with one attached hydrogen (secondary N) is 1. The first-order chi connectivity index (χ1) is 13.0. The van der Waals surface area contributed by atoms with Gasteiger partial charge < -0.3 is 19.7 Å². The lowest BCUT2D eigenvalue weighted by atomic mass is 10.2. The molecule has 0 bridgehead atoms. The van der Waals surface area contributed by atoms with Crippen LogP contribution in [0.5, 0.6) is 11.5 Å². The molecule has 6 heteroatoms. The summed E-state index contributed by atoms with van der Waals surface area (Å²) in [5.41, 5.74) is 1.60. The van der Waals surface area contributed by atoms with E-state index in [9.17, 15) is 9.59 Å².